The van der Waals surface area contributed by atoms with Crippen molar-refractivity contribution in [2.75, 3.05) is 7.05 Å². The van der Waals surface area contributed by atoms with Gasteiger partial charge in [-0.1, -0.05) is 53.2 Å². The number of hydrogen-bond donors (Lipinski definition) is 1. The number of benzene rings is 2. The van der Waals surface area contributed by atoms with Crippen LogP contribution in [-0.4, -0.2) is 23.2 Å². The van der Waals surface area contributed by atoms with Gasteiger partial charge in [-0.2, -0.15) is 4.98 Å². The van der Waals surface area contributed by atoms with Crippen LogP contribution in [0.2, 0.25) is 5.02 Å². The van der Waals surface area contributed by atoms with E-state index < -0.39 is 0 Å². The van der Waals surface area contributed by atoms with Gasteiger partial charge < -0.3 is 14.6 Å². The lowest BCUT2D eigenvalue weighted by atomic mass is 10.1. The average molecular weight is 394 g/mol. The highest BCUT2D eigenvalue weighted by Gasteiger charge is 2.11. The summed E-state index contributed by atoms with van der Waals surface area (Å²) in [4.78, 5) is 4.32. The summed E-state index contributed by atoms with van der Waals surface area (Å²) in [6.45, 7) is 2.24. The van der Waals surface area contributed by atoms with Crippen molar-refractivity contribution in [3.63, 3.8) is 0 Å². The Morgan fingerprint density at radius 3 is 2.62 bits per heavy atom. The van der Waals surface area contributed by atoms with Crippen molar-refractivity contribution in [2.45, 2.75) is 26.0 Å². The summed E-state index contributed by atoms with van der Waals surface area (Å²) in [6.07, 6.45) is 0.701. The van der Waals surface area contributed by atoms with Gasteiger partial charge >= 0.3 is 0 Å². The summed E-state index contributed by atoms with van der Waals surface area (Å²) in [5.41, 5.74) is 2.15. The minimum Gasteiger partial charge on any atom is -0.482 e. The number of rotatable bonds is 7. The standard InChI is InChI=1S/C19H20ClN3O2.ClH/c1-13(21-2)10-18-22-19(25-23-18)12-24-17-9-8-15(11-16(17)20)14-6-4-3-5-7-14;/h3-9,11,13,21H,10,12H2,1-2H3;1H. The van der Waals surface area contributed by atoms with E-state index in [9.17, 15) is 0 Å². The summed E-state index contributed by atoms with van der Waals surface area (Å²) in [5.74, 6) is 1.68. The largest absolute Gasteiger partial charge is 0.482 e. The number of ether oxygens (including phenoxy) is 1. The molecule has 0 saturated carbocycles. The Labute approximate surface area is 164 Å². The van der Waals surface area contributed by atoms with E-state index in [0.717, 1.165) is 11.1 Å². The zero-order valence-electron chi connectivity index (χ0n) is 14.6. The molecule has 2 aromatic carbocycles. The number of aromatic nitrogens is 2. The molecule has 0 amide bonds. The maximum absolute atomic E-state index is 6.34. The molecule has 1 unspecified atom stereocenters. The highest BCUT2D eigenvalue weighted by Crippen LogP contribution is 2.30. The van der Waals surface area contributed by atoms with Gasteiger partial charge in [-0.15, -0.1) is 12.4 Å². The number of hydrogen-bond acceptors (Lipinski definition) is 5. The quantitative estimate of drug-likeness (QED) is 0.638. The lowest BCUT2D eigenvalue weighted by Crippen LogP contribution is -2.24. The van der Waals surface area contributed by atoms with Gasteiger partial charge in [-0.25, -0.2) is 0 Å². The molecule has 0 aliphatic carbocycles. The Morgan fingerprint density at radius 2 is 1.92 bits per heavy atom. The van der Waals surface area contributed by atoms with Crippen LogP contribution in [0.1, 0.15) is 18.6 Å². The van der Waals surface area contributed by atoms with Crippen LogP contribution in [0.4, 0.5) is 0 Å². The van der Waals surface area contributed by atoms with Crippen LogP contribution in [0.15, 0.2) is 53.1 Å². The molecule has 0 fully saturated rings. The Morgan fingerprint density at radius 1 is 1.15 bits per heavy atom. The molecule has 0 spiro atoms. The second kappa shape index (κ2) is 9.57. The molecule has 0 radical (unpaired) electrons. The molecular formula is C19H21Cl2N3O2. The normalized spacial score (nSPS) is 11.7. The molecule has 1 heterocycles. The van der Waals surface area contributed by atoms with E-state index in [1.165, 1.54) is 0 Å². The lowest BCUT2D eigenvalue weighted by molar-refractivity contribution is 0.242. The second-order valence-corrected chi connectivity index (χ2v) is 6.21. The van der Waals surface area contributed by atoms with Crippen molar-refractivity contribution in [1.82, 2.24) is 15.5 Å². The SMILES string of the molecule is CNC(C)Cc1noc(COc2ccc(-c3ccccc3)cc2Cl)n1.Cl. The molecule has 0 saturated heterocycles. The molecule has 0 bridgehead atoms. The van der Waals surface area contributed by atoms with Crippen molar-refractivity contribution < 1.29 is 9.26 Å². The molecule has 1 atom stereocenters. The summed E-state index contributed by atoms with van der Waals surface area (Å²) < 4.78 is 10.9. The van der Waals surface area contributed by atoms with E-state index in [1.807, 2.05) is 55.6 Å². The smallest absolute Gasteiger partial charge is 0.264 e. The number of halogens is 2. The Hall–Kier alpha value is -2.08. The first kappa shape index (κ1) is 20.2. The minimum atomic E-state index is 0. The van der Waals surface area contributed by atoms with Crippen LogP contribution in [0.25, 0.3) is 11.1 Å². The van der Waals surface area contributed by atoms with Crippen molar-refractivity contribution in [2.24, 2.45) is 0 Å². The van der Waals surface area contributed by atoms with Crippen molar-refractivity contribution in [3.8, 4) is 16.9 Å². The maximum atomic E-state index is 6.34. The highest BCUT2D eigenvalue weighted by molar-refractivity contribution is 6.32. The van der Waals surface area contributed by atoms with Crippen molar-refractivity contribution in [1.29, 1.82) is 0 Å². The third-order valence-electron chi connectivity index (χ3n) is 3.88. The lowest BCUT2D eigenvalue weighted by Gasteiger charge is -2.08. The van der Waals surface area contributed by atoms with Crippen LogP contribution >= 0.6 is 24.0 Å². The van der Waals surface area contributed by atoms with Gasteiger partial charge in [0.05, 0.1) is 5.02 Å². The third-order valence-corrected chi connectivity index (χ3v) is 4.18. The first-order chi connectivity index (χ1) is 12.2. The summed E-state index contributed by atoms with van der Waals surface area (Å²) in [5, 5.41) is 7.64. The summed E-state index contributed by atoms with van der Waals surface area (Å²) >= 11 is 6.34. The Kier molecular flexibility index (Phi) is 7.45. The van der Waals surface area contributed by atoms with Gasteiger partial charge in [-0.05, 0) is 37.2 Å². The van der Waals surface area contributed by atoms with E-state index in [4.69, 9.17) is 20.9 Å². The van der Waals surface area contributed by atoms with Crippen LogP contribution < -0.4 is 10.1 Å². The Bertz CT molecular complexity index is 825. The summed E-state index contributed by atoms with van der Waals surface area (Å²) in [7, 11) is 1.90. The monoisotopic (exact) mass is 393 g/mol. The highest BCUT2D eigenvalue weighted by atomic mass is 35.5. The van der Waals surface area contributed by atoms with Gasteiger partial charge in [0.1, 0.15) is 5.75 Å². The van der Waals surface area contributed by atoms with Crippen molar-refractivity contribution in [3.05, 3.63) is 65.3 Å². The van der Waals surface area contributed by atoms with Crippen LogP contribution in [0.3, 0.4) is 0 Å². The fourth-order valence-electron chi connectivity index (χ4n) is 2.38. The third kappa shape index (κ3) is 5.21. The predicted molar refractivity (Wildman–Crippen MR) is 105 cm³/mol. The van der Waals surface area contributed by atoms with Crippen LogP contribution in [0, 0.1) is 0 Å². The van der Waals surface area contributed by atoms with Crippen LogP contribution in [0.5, 0.6) is 5.75 Å². The number of nitrogens with zero attached hydrogens (tertiary/aromatic N) is 2. The second-order valence-electron chi connectivity index (χ2n) is 5.80. The molecule has 138 valence electrons. The molecule has 1 N–H and O–H groups in total. The maximum Gasteiger partial charge on any atom is 0.264 e. The molecule has 26 heavy (non-hydrogen) atoms. The first-order valence-electron chi connectivity index (χ1n) is 8.12. The molecule has 5 nitrogen and oxygen atoms in total. The van der Waals surface area contributed by atoms with Gasteiger partial charge in [0.25, 0.3) is 5.89 Å². The number of nitrogens with one attached hydrogen (secondary N) is 1. The van der Waals surface area contributed by atoms with E-state index in [0.29, 0.717) is 28.9 Å². The topological polar surface area (TPSA) is 60.2 Å². The van der Waals surface area contributed by atoms with Gasteiger partial charge in [0.2, 0.25) is 0 Å². The predicted octanol–water partition coefficient (Wildman–Crippen LogP) is 4.54. The van der Waals surface area contributed by atoms with E-state index in [2.05, 4.69) is 22.4 Å². The molecular weight excluding hydrogens is 373 g/mol. The zero-order chi connectivity index (χ0) is 17.6. The Balaban J connectivity index is 0.00000243. The van der Waals surface area contributed by atoms with Crippen LogP contribution in [-0.2, 0) is 13.0 Å². The average Bonchev–Trinajstić information content (AvgIpc) is 3.08. The molecule has 1 aromatic heterocycles. The van der Waals surface area contributed by atoms with E-state index in [-0.39, 0.29) is 25.1 Å². The number of likely N-dealkylation sites (N-methyl/N-ethyl adjacent to an activating group) is 1. The molecule has 3 rings (SSSR count). The van der Waals surface area contributed by atoms with Gasteiger partial charge in [0, 0.05) is 12.5 Å². The zero-order valence-corrected chi connectivity index (χ0v) is 16.2. The first-order valence-corrected chi connectivity index (χ1v) is 8.50. The molecule has 0 aliphatic heterocycles. The summed E-state index contributed by atoms with van der Waals surface area (Å²) in [6, 6.07) is 16.1. The molecule has 7 heteroatoms. The van der Waals surface area contributed by atoms with E-state index >= 15 is 0 Å². The van der Waals surface area contributed by atoms with Gasteiger partial charge in [-0.3, -0.25) is 0 Å². The minimum absolute atomic E-state index is 0. The molecule has 3 aromatic rings. The van der Waals surface area contributed by atoms with E-state index in [1.54, 1.807) is 0 Å². The van der Waals surface area contributed by atoms with Crippen molar-refractivity contribution >= 4 is 24.0 Å². The molecule has 0 aliphatic rings. The van der Waals surface area contributed by atoms with Gasteiger partial charge in [0.15, 0.2) is 12.4 Å². The fourth-order valence-corrected chi connectivity index (χ4v) is 2.61. The fraction of sp³-hybridized carbons (Fsp3) is 0.263.